The van der Waals surface area contributed by atoms with Gasteiger partial charge in [0.15, 0.2) is 22.9 Å². The van der Waals surface area contributed by atoms with Crippen molar-refractivity contribution in [3.8, 4) is 22.9 Å². The Balaban J connectivity index is 0.000000162. The summed E-state index contributed by atoms with van der Waals surface area (Å²) in [6.45, 7) is 3.96. The fourth-order valence-corrected chi connectivity index (χ4v) is 6.50. The molecule has 0 saturated heterocycles. The molecule has 4 aromatic carbocycles. The van der Waals surface area contributed by atoms with Crippen LogP contribution in [0.3, 0.4) is 0 Å². The van der Waals surface area contributed by atoms with Crippen LogP contribution >= 0.6 is 11.6 Å². The third-order valence-electron chi connectivity index (χ3n) is 10.1. The van der Waals surface area contributed by atoms with E-state index >= 15 is 0 Å². The monoisotopic (exact) mass is 798 g/mol. The summed E-state index contributed by atoms with van der Waals surface area (Å²) < 4.78 is 13.9. The van der Waals surface area contributed by atoms with Crippen LogP contribution in [0.1, 0.15) is 89.6 Å². The van der Waals surface area contributed by atoms with E-state index in [9.17, 15) is 19.2 Å². The first-order chi connectivity index (χ1) is 27.9. The molecule has 0 bridgehead atoms. The number of nitrogens with zero attached hydrogens (tertiary/aromatic N) is 4. The van der Waals surface area contributed by atoms with E-state index in [0.29, 0.717) is 50.2 Å². The molecule has 15 heteroatoms. The molecule has 6 aromatic rings. The molecule has 14 nitrogen and oxygen atoms in total. The molecule has 2 aliphatic carbocycles. The van der Waals surface area contributed by atoms with Crippen LogP contribution in [0.15, 0.2) is 91.5 Å². The lowest BCUT2D eigenvalue weighted by Gasteiger charge is -2.12. The highest BCUT2D eigenvalue weighted by atomic mass is 35.5. The van der Waals surface area contributed by atoms with Crippen LogP contribution in [0.5, 0.6) is 11.5 Å². The van der Waals surface area contributed by atoms with Gasteiger partial charge >= 0.3 is 0 Å². The summed E-state index contributed by atoms with van der Waals surface area (Å²) in [5.74, 6) is 0.724. The van der Waals surface area contributed by atoms with Crippen molar-refractivity contribution in [3.05, 3.63) is 141 Å². The summed E-state index contributed by atoms with van der Waals surface area (Å²) in [6.07, 6.45) is 7.09. The van der Waals surface area contributed by atoms with Gasteiger partial charge in [0.2, 0.25) is 18.4 Å². The number of aromatic nitrogens is 4. The largest absolute Gasteiger partial charge is 0.454 e. The number of nitrogens with two attached hydrogens (primary N) is 2. The maximum atomic E-state index is 13.0. The molecule has 2 saturated carbocycles. The number of ether oxygens (including phenoxy) is 2. The number of nitrogen functional groups attached to an aromatic ring is 2. The van der Waals surface area contributed by atoms with Gasteiger partial charge in [0.05, 0.1) is 11.4 Å². The topological polar surface area (TPSA) is 198 Å². The lowest BCUT2D eigenvalue weighted by molar-refractivity contribution is 0.0942. The van der Waals surface area contributed by atoms with Crippen molar-refractivity contribution in [2.75, 3.05) is 18.3 Å². The second-order valence-corrected chi connectivity index (χ2v) is 14.9. The van der Waals surface area contributed by atoms with Crippen molar-refractivity contribution < 1.29 is 28.7 Å². The van der Waals surface area contributed by atoms with E-state index in [1.165, 1.54) is 12.7 Å². The fourth-order valence-electron chi connectivity index (χ4n) is 6.38. The molecule has 0 radical (unpaired) electrons. The zero-order chi connectivity index (χ0) is 40.7. The van der Waals surface area contributed by atoms with Gasteiger partial charge in [-0.25, -0.2) is 9.97 Å². The van der Waals surface area contributed by atoms with E-state index in [1.807, 2.05) is 26.0 Å². The predicted molar refractivity (Wildman–Crippen MR) is 217 cm³/mol. The second-order valence-electron chi connectivity index (χ2n) is 14.4. The normalized spacial score (nSPS) is 14.0. The molecular formula is C43H39ClN8O6. The number of hydrogen-bond donors (Lipinski definition) is 4. The molecule has 1 aliphatic heterocycles. The highest BCUT2D eigenvalue weighted by Gasteiger charge is 2.27. The minimum Gasteiger partial charge on any atom is -0.454 e. The number of aryl methyl sites for hydroxylation is 2. The molecule has 3 heterocycles. The third kappa shape index (κ3) is 7.86. The van der Waals surface area contributed by atoms with Gasteiger partial charge in [-0.3, -0.25) is 28.3 Å². The van der Waals surface area contributed by atoms with Crippen LogP contribution in [0.4, 0.5) is 11.6 Å². The zero-order valence-corrected chi connectivity index (χ0v) is 32.4. The SMILES string of the molecule is Cc1ccc(C(=O)NC2CC2)cc1-n1cnc(C(=O)c2ccc(Cl)cc2)c1N.Cc1ccc(C(=O)NC2CC2)cc1-n1cnc(C(=O)c2ccc3c(c2)OCO3)c1N. The molecule has 58 heavy (non-hydrogen) atoms. The van der Waals surface area contributed by atoms with Crippen molar-refractivity contribution in [1.29, 1.82) is 0 Å². The number of anilines is 2. The van der Waals surface area contributed by atoms with E-state index in [2.05, 4.69) is 20.6 Å². The summed E-state index contributed by atoms with van der Waals surface area (Å²) >= 11 is 5.88. The molecule has 0 unspecified atom stereocenters. The highest BCUT2D eigenvalue weighted by molar-refractivity contribution is 6.30. The Labute approximate surface area is 338 Å². The van der Waals surface area contributed by atoms with Crippen LogP contribution < -0.4 is 31.6 Å². The Hall–Kier alpha value is -6.93. The molecule has 9 rings (SSSR count). The first-order valence-electron chi connectivity index (χ1n) is 18.7. The van der Waals surface area contributed by atoms with Crippen molar-refractivity contribution in [3.63, 3.8) is 0 Å². The van der Waals surface area contributed by atoms with Gasteiger partial charge in [-0.2, -0.15) is 0 Å². The quantitative estimate of drug-likeness (QED) is 0.117. The Morgan fingerprint density at radius 1 is 0.621 bits per heavy atom. The molecular weight excluding hydrogens is 760 g/mol. The predicted octanol–water partition coefficient (Wildman–Crippen LogP) is 6.15. The number of nitrogens with one attached hydrogen (secondary N) is 2. The number of imidazole rings is 2. The maximum absolute atomic E-state index is 13.0. The summed E-state index contributed by atoms with van der Waals surface area (Å²) in [5.41, 5.74) is 18.0. The van der Waals surface area contributed by atoms with Crippen LogP contribution in [-0.4, -0.2) is 61.4 Å². The molecule has 2 fully saturated rings. The van der Waals surface area contributed by atoms with E-state index in [1.54, 1.807) is 75.9 Å². The average molecular weight is 799 g/mol. The van der Waals surface area contributed by atoms with Gasteiger partial charge in [-0.05, 0) is 117 Å². The van der Waals surface area contributed by atoms with E-state index in [4.69, 9.17) is 32.5 Å². The summed E-state index contributed by atoms with van der Waals surface area (Å²) in [5, 5.41) is 6.50. The molecule has 0 spiro atoms. The van der Waals surface area contributed by atoms with E-state index < -0.39 is 0 Å². The second kappa shape index (κ2) is 15.5. The van der Waals surface area contributed by atoms with Crippen LogP contribution in [-0.2, 0) is 0 Å². The fraction of sp³-hybridized carbons (Fsp3) is 0.209. The maximum Gasteiger partial charge on any atom is 0.251 e. The van der Waals surface area contributed by atoms with Gasteiger partial charge in [0, 0.05) is 39.4 Å². The smallest absolute Gasteiger partial charge is 0.251 e. The first kappa shape index (κ1) is 38.0. The number of rotatable bonds is 10. The number of benzene rings is 4. The lowest BCUT2D eigenvalue weighted by atomic mass is 10.1. The average Bonchev–Trinajstić information content (AvgIpc) is 4.09. The molecule has 2 aromatic heterocycles. The number of hydrogen-bond acceptors (Lipinski definition) is 10. The number of carbonyl (C=O) groups is 4. The molecule has 294 valence electrons. The number of ketones is 2. The Morgan fingerprint density at radius 2 is 1.07 bits per heavy atom. The third-order valence-corrected chi connectivity index (χ3v) is 10.3. The van der Waals surface area contributed by atoms with Crippen molar-refractivity contribution >= 4 is 46.6 Å². The Kier molecular flexibility index (Phi) is 10.2. The molecule has 0 atom stereocenters. The first-order valence-corrected chi connectivity index (χ1v) is 19.1. The minimum absolute atomic E-state index is 0.111. The Bertz CT molecular complexity index is 2610. The lowest BCUT2D eigenvalue weighted by Crippen LogP contribution is -2.25. The number of halogens is 1. The minimum atomic E-state index is -0.315. The van der Waals surface area contributed by atoms with Crippen molar-refractivity contribution in [2.24, 2.45) is 0 Å². The van der Waals surface area contributed by atoms with E-state index in [-0.39, 0.29) is 65.3 Å². The summed E-state index contributed by atoms with van der Waals surface area (Å²) in [4.78, 5) is 59.0. The van der Waals surface area contributed by atoms with Gasteiger partial charge in [0.1, 0.15) is 24.3 Å². The Morgan fingerprint density at radius 3 is 1.57 bits per heavy atom. The standard InChI is InChI=1S/C22H20N4O4.C21H19ClN4O2/c1-12-2-3-14(22(28)25-15-5-6-15)8-16(12)26-10-24-19(21(26)23)20(27)13-4-7-17-18(9-13)30-11-29-17;1-12-2-3-14(21(28)25-16-8-9-16)10-17(12)26-11-24-18(20(26)23)19(27)13-4-6-15(22)7-5-13/h2-4,7-10,15H,5-6,11,23H2,1H3,(H,25,28);2-7,10-11,16H,8-9,23H2,1H3,(H,25,28). The molecule has 6 N–H and O–H groups in total. The zero-order valence-electron chi connectivity index (χ0n) is 31.6. The van der Waals surface area contributed by atoms with Crippen molar-refractivity contribution in [2.45, 2.75) is 51.6 Å². The highest BCUT2D eigenvalue weighted by Crippen LogP contribution is 2.34. The van der Waals surface area contributed by atoms with Gasteiger partial charge < -0.3 is 31.6 Å². The number of amides is 2. The van der Waals surface area contributed by atoms with Crippen LogP contribution in [0.25, 0.3) is 11.4 Å². The van der Waals surface area contributed by atoms with E-state index in [0.717, 1.165) is 36.8 Å². The number of fused-ring (bicyclic) bond motifs is 1. The molecule has 3 aliphatic rings. The van der Waals surface area contributed by atoms with Gasteiger partial charge in [-0.1, -0.05) is 23.7 Å². The number of carbonyl (C=O) groups excluding carboxylic acids is 4. The summed E-state index contributed by atoms with van der Waals surface area (Å²) in [6, 6.07) is 22.9. The van der Waals surface area contributed by atoms with Crippen molar-refractivity contribution in [1.82, 2.24) is 29.7 Å². The van der Waals surface area contributed by atoms with Gasteiger partial charge in [0.25, 0.3) is 11.8 Å². The summed E-state index contributed by atoms with van der Waals surface area (Å²) in [7, 11) is 0. The molecule has 2 amide bonds. The van der Waals surface area contributed by atoms with Crippen LogP contribution in [0, 0.1) is 13.8 Å². The van der Waals surface area contributed by atoms with Gasteiger partial charge in [-0.15, -0.1) is 0 Å². The van der Waals surface area contributed by atoms with Crippen LogP contribution in [0.2, 0.25) is 5.02 Å².